The minimum absolute atomic E-state index is 0.0105. The summed E-state index contributed by atoms with van der Waals surface area (Å²) in [6.45, 7) is 30.6. The van der Waals surface area contributed by atoms with Crippen molar-refractivity contribution in [3.8, 4) is 0 Å². The number of ether oxygens (including phenoxy) is 1. The Morgan fingerprint density at radius 3 is 1.87 bits per heavy atom. The molecule has 1 rings (SSSR count). The minimum atomic E-state index is -1.96. The molecular formula is C29H65NO5Si3. The van der Waals surface area contributed by atoms with Gasteiger partial charge >= 0.3 is 0 Å². The lowest BCUT2D eigenvalue weighted by Crippen LogP contribution is -2.48. The molecule has 228 valence electrons. The number of hydrogen-bond donors (Lipinski definition) is 2. The van der Waals surface area contributed by atoms with E-state index >= 15 is 0 Å². The lowest BCUT2D eigenvalue weighted by Gasteiger charge is -2.41. The van der Waals surface area contributed by atoms with Crippen LogP contribution < -0.4 is 5.73 Å². The van der Waals surface area contributed by atoms with Gasteiger partial charge in [-0.25, -0.2) is 0 Å². The topological polar surface area (TPSA) is 83.2 Å². The molecule has 0 bridgehead atoms. The molecule has 0 aromatic rings. The SMILES string of the molecule is CC[Si](CC)(CC)O[C@H]1C[C@@H](CC[C@H](CO[Si](C)(C)C(C)(C)C)O[Si](C)(C)C(C)(C)C)OC1[C@@H](N)CCO. The van der Waals surface area contributed by atoms with Crippen molar-refractivity contribution in [2.24, 2.45) is 5.73 Å². The quantitative estimate of drug-likeness (QED) is 0.182. The third-order valence-electron chi connectivity index (χ3n) is 9.94. The Labute approximate surface area is 239 Å². The average molecular weight is 592 g/mol. The van der Waals surface area contributed by atoms with Crippen molar-refractivity contribution >= 4 is 25.0 Å². The minimum Gasteiger partial charge on any atom is -0.414 e. The summed E-state index contributed by atoms with van der Waals surface area (Å²) in [5.41, 5.74) is 6.52. The van der Waals surface area contributed by atoms with Gasteiger partial charge in [-0.3, -0.25) is 0 Å². The summed E-state index contributed by atoms with van der Waals surface area (Å²) in [7, 11) is -5.65. The highest BCUT2D eigenvalue weighted by Crippen LogP contribution is 2.40. The van der Waals surface area contributed by atoms with Crippen LogP contribution in [-0.2, 0) is 18.0 Å². The molecule has 3 N–H and O–H groups in total. The van der Waals surface area contributed by atoms with Gasteiger partial charge in [0.25, 0.3) is 0 Å². The van der Waals surface area contributed by atoms with E-state index in [1.54, 1.807) is 0 Å². The molecule has 1 aliphatic heterocycles. The Bertz CT molecular complexity index is 680. The van der Waals surface area contributed by atoms with Gasteiger partial charge in [0.05, 0.1) is 31.0 Å². The second-order valence-electron chi connectivity index (χ2n) is 14.7. The number of nitrogens with two attached hydrogens (primary N) is 1. The van der Waals surface area contributed by atoms with Crippen molar-refractivity contribution in [3.63, 3.8) is 0 Å². The molecule has 0 aliphatic carbocycles. The van der Waals surface area contributed by atoms with Crippen molar-refractivity contribution in [2.75, 3.05) is 13.2 Å². The molecule has 0 aromatic heterocycles. The maximum Gasteiger partial charge on any atom is 0.192 e. The average Bonchev–Trinajstić information content (AvgIpc) is 3.20. The van der Waals surface area contributed by atoms with E-state index in [1.165, 1.54) is 0 Å². The van der Waals surface area contributed by atoms with Crippen molar-refractivity contribution in [1.29, 1.82) is 0 Å². The van der Waals surface area contributed by atoms with Crippen LogP contribution in [0, 0.1) is 0 Å². The Morgan fingerprint density at radius 1 is 0.895 bits per heavy atom. The van der Waals surface area contributed by atoms with E-state index in [-0.39, 0.29) is 47.1 Å². The van der Waals surface area contributed by atoms with Crippen molar-refractivity contribution in [1.82, 2.24) is 0 Å². The van der Waals surface area contributed by atoms with Gasteiger partial charge in [0, 0.05) is 19.1 Å². The molecule has 1 fully saturated rings. The van der Waals surface area contributed by atoms with Crippen LogP contribution in [0.3, 0.4) is 0 Å². The van der Waals surface area contributed by atoms with Gasteiger partial charge in [-0.2, -0.15) is 0 Å². The molecule has 6 nitrogen and oxygen atoms in total. The first-order chi connectivity index (χ1) is 17.3. The van der Waals surface area contributed by atoms with Crippen LogP contribution in [0.15, 0.2) is 0 Å². The lowest BCUT2D eigenvalue weighted by atomic mass is 10.0. The van der Waals surface area contributed by atoms with Crippen molar-refractivity contribution in [2.45, 2.75) is 173 Å². The Balaban J connectivity index is 3.05. The van der Waals surface area contributed by atoms with Crippen LogP contribution in [0.1, 0.15) is 88.0 Å². The van der Waals surface area contributed by atoms with E-state index < -0.39 is 25.0 Å². The summed E-state index contributed by atoms with van der Waals surface area (Å²) in [6.07, 6.45) is 3.20. The first-order valence-corrected chi connectivity index (χ1v) is 23.6. The van der Waals surface area contributed by atoms with Crippen LogP contribution in [0.4, 0.5) is 0 Å². The highest BCUT2D eigenvalue weighted by atomic mass is 28.4. The van der Waals surface area contributed by atoms with E-state index in [4.69, 9.17) is 23.7 Å². The standard InChI is InChI=1S/C29H65NO5Si3/c1-14-38(15-2,16-3)35-26-21-23(33-27(26)25(30)19-20-31)17-18-24(34-37(12,13)29(7,8)9)22-32-36(10,11)28(4,5)6/h23-27,31H,14-22,30H2,1-13H3/t23-,24-,25+,26+,27?/m1/s1. The first-order valence-electron chi connectivity index (χ1n) is 15.3. The molecule has 0 radical (unpaired) electrons. The van der Waals surface area contributed by atoms with Gasteiger partial charge in [-0.15, -0.1) is 0 Å². The largest absolute Gasteiger partial charge is 0.414 e. The van der Waals surface area contributed by atoms with Gasteiger partial charge in [0.2, 0.25) is 0 Å². The zero-order valence-electron chi connectivity index (χ0n) is 27.4. The zero-order valence-corrected chi connectivity index (χ0v) is 30.4. The van der Waals surface area contributed by atoms with E-state index in [1.807, 2.05) is 0 Å². The predicted molar refractivity (Wildman–Crippen MR) is 169 cm³/mol. The molecule has 1 heterocycles. The third-order valence-corrected chi connectivity index (χ3v) is 23.6. The van der Waals surface area contributed by atoms with Crippen molar-refractivity contribution in [3.05, 3.63) is 0 Å². The second-order valence-corrected chi connectivity index (χ2v) is 29.0. The van der Waals surface area contributed by atoms with Gasteiger partial charge in [-0.05, 0) is 73.7 Å². The third kappa shape index (κ3) is 10.0. The summed E-state index contributed by atoms with van der Waals surface area (Å²) in [6, 6.07) is 3.11. The van der Waals surface area contributed by atoms with Gasteiger partial charge in [0.1, 0.15) is 0 Å². The van der Waals surface area contributed by atoms with Crippen LogP contribution in [0.25, 0.3) is 0 Å². The molecule has 38 heavy (non-hydrogen) atoms. The molecule has 5 atom stereocenters. The molecule has 1 aliphatic rings. The van der Waals surface area contributed by atoms with Crippen LogP contribution in [0.5, 0.6) is 0 Å². The highest BCUT2D eigenvalue weighted by molar-refractivity contribution is 6.75. The van der Waals surface area contributed by atoms with Gasteiger partial charge in [0.15, 0.2) is 25.0 Å². The lowest BCUT2D eigenvalue weighted by molar-refractivity contribution is -0.0128. The van der Waals surface area contributed by atoms with E-state index in [9.17, 15) is 5.11 Å². The molecule has 9 heteroatoms. The summed E-state index contributed by atoms with van der Waals surface area (Å²) >= 11 is 0. The molecule has 0 aromatic carbocycles. The Kier molecular flexibility index (Phi) is 13.9. The fraction of sp³-hybridized carbons (Fsp3) is 1.00. The molecule has 1 saturated heterocycles. The Hall–Kier alpha value is 0.411. The van der Waals surface area contributed by atoms with E-state index in [0.717, 1.165) is 37.4 Å². The normalized spacial score (nSPS) is 23.6. The summed E-state index contributed by atoms with van der Waals surface area (Å²) in [4.78, 5) is 0. The number of aliphatic hydroxyl groups excluding tert-OH is 1. The molecular weight excluding hydrogens is 527 g/mol. The number of hydrogen-bond acceptors (Lipinski definition) is 6. The molecule has 0 saturated carbocycles. The maximum atomic E-state index is 9.56. The summed E-state index contributed by atoms with van der Waals surface area (Å²) < 4.78 is 27.1. The van der Waals surface area contributed by atoms with E-state index in [2.05, 4.69) is 88.5 Å². The maximum absolute atomic E-state index is 9.56. The van der Waals surface area contributed by atoms with Crippen LogP contribution in [0.2, 0.25) is 54.4 Å². The van der Waals surface area contributed by atoms with Crippen LogP contribution in [-0.4, -0.2) is 73.7 Å². The first kappa shape index (κ1) is 36.4. The highest BCUT2D eigenvalue weighted by Gasteiger charge is 2.45. The van der Waals surface area contributed by atoms with Gasteiger partial charge in [-0.1, -0.05) is 62.3 Å². The second kappa shape index (κ2) is 14.5. The molecule has 0 amide bonds. The van der Waals surface area contributed by atoms with Crippen molar-refractivity contribution < 1.29 is 23.1 Å². The number of aliphatic hydroxyl groups is 1. The smallest absolute Gasteiger partial charge is 0.192 e. The zero-order chi connectivity index (χ0) is 29.6. The molecule has 1 unspecified atom stereocenters. The predicted octanol–water partition coefficient (Wildman–Crippen LogP) is 7.44. The fourth-order valence-electron chi connectivity index (χ4n) is 4.73. The number of rotatable bonds is 16. The van der Waals surface area contributed by atoms with Crippen LogP contribution >= 0.6 is 0 Å². The monoisotopic (exact) mass is 591 g/mol. The van der Waals surface area contributed by atoms with Gasteiger partial charge < -0.3 is 28.9 Å². The van der Waals surface area contributed by atoms with E-state index in [0.29, 0.717) is 13.0 Å². The summed E-state index contributed by atoms with van der Waals surface area (Å²) in [5.74, 6) is 0. The fourth-order valence-corrected chi connectivity index (χ4v) is 10.0. The Morgan fingerprint density at radius 2 is 1.42 bits per heavy atom. The summed E-state index contributed by atoms with van der Waals surface area (Å²) in [5, 5.41) is 9.87. The molecule has 0 spiro atoms.